The van der Waals surface area contributed by atoms with Gasteiger partial charge in [-0.3, -0.25) is 4.79 Å². The van der Waals surface area contributed by atoms with E-state index in [4.69, 9.17) is 5.26 Å². The third-order valence-corrected chi connectivity index (χ3v) is 6.36. The molecule has 2 aromatic carbocycles. The number of nitrogens with zero attached hydrogens (tertiary/aromatic N) is 1. The average Bonchev–Trinajstić information content (AvgIpc) is 2.60. The van der Waals surface area contributed by atoms with Gasteiger partial charge in [-0.15, -0.1) is 0 Å². The molecule has 0 aromatic heterocycles. The smallest absolute Gasteiger partial charge is 0.273 e. The van der Waals surface area contributed by atoms with Crippen LogP contribution in [0.4, 0.5) is 17.6 Å². The number of hydrogen-bond donors (Lipinski definition) is 1. The second-order valence-corrected chi connectivity index (χ2v) is 8.35. The monoisotopic (exact) mass is 426 g/mol. The zero-order chi connectivity index (χ0) is 21.4. The molecule has 29 heavy (non-hydrogen) atoms. The van der Waals surface area contributed by atoms with Crippen LogP contribution in [0.2, 0.25) is 0 Å². The van der Waals surface area contributed by atoms with Crippen LogP contribution in [0.3, 0.4) is 0 Å². The normalized spacial score (nSPS) is 15.8. The first-order valence-electron chi connectivity index (χ1n) is 8.44. The summed E-state index contributed by atoms with van der Waals surface area (Å²) in [5.74, 6) is -1.52. The molecule has 0 atom stereocenters. The van der Waals surface area contributed by atoms with E-state index < -0.39 is 43.8 Å². The predicted octanol–water partition coefficient (Wildman–Crippen LogP) is 3.64. The van der Waals surface area contributed by atoms with E-state index in [-0.39, 0.29) is 18.4 Å². The first kappa shape index (κ1) is 20.8. The van der Waals surface area contributed by atoms with Crippen molar-refractivity contribution in [2.45, 2.75) is 35.7 Å². The van der Waals surface area contributed by atoms with Crippen molar-refractivity contribution >= 4 is 15.9 Å². The molecular formula is C19H14F4N2O3S. The fraction of sp³-hybridized carbons (Fsp3) is 0.263. The highest BCUT2D eigenvalue weighted by molar-refractivity contribution is 7.90. The Balaban J connectivity index is 1.98. The molecule has 1 aliphatic rings. The fourth-order valence-corrected chi connectivity index (χ4v) is 4.54. The van der Waals surface area contributed by atoms with Gasteiger partial charge in [0.25, 0.3) is 10.0 Å². The zero-order valence-electron chi connectivity index (χ0n) is 14.8. The lowest BCUT2D eigenvalue weighted by Gasteiger charge is -2.40. The number of alkyl halides is 3. The van der Waals surface area contributed by atoms with Gasteiger partial charge >= 0.3 is 6.18 Å². The van der Waals surface area contributed by atoms with Crippen LogP contribution >= 0.6 is 0 Å². The van der Waals surface area contributed by atoms with Crippen LogP contribution in [-0.2, 0) is 26.4 Å². The maximum absolute atomic E-state index is 13.3. The van der Waals surface area contributed by atoms with Crippen molar-refractivity contribution in [1.29, 1.82) is 5.26 Å². The van der Waals surface area contributed by atoms with Crippen molar-refractivity contribution in [3.63, 3.8) is 0 Å². The van der Waals surface area contributed by atoms with Gasteiger partial charge in [0.1, 0.15) is 5.82 Å². The second kappa shape index (κ2) is 7.15. The Morgan fingerprint density at radius 3 is 2.21 bits per heavy atom. The molecular weight excluding hydrogens is 412 g/mol. The molecule has 0 spiro atoms. The Bertz CT molecular complexity index is 1100. The Labute approximate surface area is 164 Å². The molecule has 0 aliphatic heterocycles. The minimum absolute atomic E-state index is 0.277. The summed E-state index contributed by atoms with van der Waals surface area (Å²) < 4.78 is 80.1. The van der Waals surface area contributed by atoms with Gasteiger partial charge in [-0.1, -0.05) is 18.6 Å². The standard InChI is InChI=1S/C19H14F4N2O3S/c20-14-5-3-13(4-6-14)18(8-1-9-18)17(26)25-29(27,28)16-7-2-12(11-24)10-15(16)19(21,22)23/h2-7,10H,1,8-9H2,(H,25,26). The van der Waals surface area contributed by atoms with Crippen molar-refractivity contribution < 1.29 is 30.8 Å². The lowest BCUT2D eigenvalue weighted by Crippen LogP contribution is -2.51. The molecule has 0 heterocycles. The maximum Gasteiger partial charge on any atom is 0.417 e. The lowest BCUT2D eigenvalue weighted by atomic mass is 9.64. The van der Waals surface area contributed by atoms with Gasteiger partial charge in [0.2, 0.25) is 5.91 Å². The van der Waals surface area contributed by atoms with Gasteiger partial charge in [0.05, 0.1) is 27.5 Å². The summed E-state index contributed by atoms with van der Waals surface area (Å²) in [6, 6.07) is 8.45. The van der Waals surface area contributed by atoms with E-state index >= 15 is 0 Å². The number of benzene rings is 2. The van der Waals surface area contributed by atoms with Gasteiger partial charge in [-0.25, -0.2) is 17.5 Å². The number of halogens is 4. The van der Waals surface area contributed by atoms with Gasteiger partial charge < -0.3 is 0 Å². The van der Waals surface area contributed by atoms with Crippen LogP contribution in [0.5, 0.6) is 0 Å². The zero-order valence-corrected chi connectivity index (χ0v) is 15.6. The van der Waals surface area contributed by atoms with Gasteiger partial charge in [-0.2, -0.15) is 18.4 Å². The largest absolute Gasteiger partial charge is 0.417 e. The minimum Gasteiger partial charge on any atom is -0.273 e. The van der Waals surface area contributed by atoms with Crippen molar-refractivity contribution in [2.75, 3.05) is 0 Å². The third-order valence-electron chi connectivity index (χ3n) is 4.97. The molecule has 5 nitrogen and oxygen atoms in total. The number of amides is 1. The number of sulfonamides is 1. The Hall–Kier alpha value is -2.93. The van der Waals surface area contributed by atoms with E-state index in [1.807, 2.05) is 0 Å². The average molecular weight is 426 g/mol. The summed E-state index contributed by atoms with van der Waals surface area (Å²) >= 11 is 0. The third kappa shape index (κ3) is 3.82. The Morgan fingerprint density at radius 1 is 1.10 bits per heavy atom. The van der Waals surface area contributed by atoms with E-state index in [9.17, 15) is 30.8 Å². The highest BCUT2D eigenvalue weighted by Gasteiger charge is 2.47. The summed E-state index contributed by atoms with van der Waals surface area (Å²) in [5.41, 5.74) is -2.79. The summed E-state index contributed by atoms with van der Waals surface area (Å²) in [7, 11) is -4.88. The predicted molar refractivity (Wildman–Crippen MR) is 93.4 cm³/mol. The maximum atomic E-state index is 13.3. The number of nitriles is 1. The molecule has 152 valence electrons. The molecule has 1 N–H and O–H groups in total. The van der Waals surface area contributed by atoms with E-state index in [1.165, 1.54) is 18.2 Å². The second-order valence-electron chi connectivity index (χ2n) is 6.70. The van der Waals surface area contributed by atoms with Gasteiger partial charge in [0, 0.05) is 0 Å². The van der Waals surface area contributed by atoms with E-state index in [1.54, 1.807) is 4.72 Å². The highest BCUT2D eigenvalue weighted by atomic mass is 32.2. The minimum atomic E-state index is -5.05. The molecule has 0 unspecified atom stereocenters. The Morgan fingerprint density at radius 2 is 1.72 bits per heavy atom. The molecule has 0 saturated heterocycles. The van der Waals surface area contributed by atoms with Crippen LogP contribution in [0.25, 0.3) is 0 Å². The molecule has 2 aromatic rings. The first-order valence-corrected chi connectivity index (χ1v) is 9.92. The number of rotatable bonds is 4. The molecule has 3 rings (SSSR count). The first-order chi connectivity index (χ1) is 13.5. The summed E-state index contributed by atoms with van der Waals surface area (Å²) in [5, 5.41) is 8.80. The van der Waals surface area contributed by atoms with Crippen molar-refractivity contribution in [2.24, 2.45) is 0 Å². The molecule has 0 radical (unpaired) electrons. The molecule has 0 bridgehead atoms. The number of carbonyl (C=O) groups excluding carboxylic acids is 1. The summed E-state index contributed by atoms with van der Waals surface area (Å²) in [6.45, 7) is 0. The number of nitrogens with one attached hydrogen (secondary N) is 1. The van der Waals surface area contributed by atoms with Crippen molar-refractivity contribution in [1.82, 2.24) is 4.72 Å². The molecule has 1 amide bonds. The number of hydrogen-bond acceptors (Lipinski definition) is 4. The van der Waals surface area contributed by atoms with E-state index in [2.05, 4.69) is 0 Å². The molecule has 1 aliphatic carbocycles. The quantitative estimate of drug-likeness (QED) is 0.757. The van der Waals surface area contributed by atoms with Gasteiger partial charge in [-0.05, 0) is 48.7 Å². The fourth-order valence-electron chi connectivity index (χ4n) is 3.28. The lowest BCUT2D eigenvalue weighted by molar-refractivity contribution is -0.140. The van der Waals surface area contributed by atoms with Crippen molar-refractivity contribution in [3.05, 3.63) is 65.0 Å². The van der Waals surface area contributed by atoms with Crippen LogP contribution in [0.1, 0.15) is 36.0 Å². The summed E-state index contributed by atoms with van der Waals surface area (Å²) in [4.78, 5) is 11.6. The van der Waals surface area contributed by atoms with Crippen LogP contribution in [0, 0.1) is 17.1 Å². The number of carbonyl (C=O) groups is 1. The van der Waals surface area contributed by atoms with E-state index in [0.717, 1.165) is 18.2 Å². The Kier molecular flexibility index (Phi) is 5.13. The van der Waals surface area contributed by atoms with Crippen LogP contribution in [-0.4, -0.2) is 14.3 Å². The van der Waals surface area contributed by atoms with Crippen LogP contribution < -0.4 is 4.72 Å². The van der Waals surface area contributed by atoms with Gasteiger partial charge in [0.15, 0.2) is 0 Å². The molecule has 10 heteroatoms. The van der Waals surface area contributed by atoms with Crippen molar-refractivity contribution in [3.8, 4) is 6.07 Å². The van der Waals surface area contributed by atoms with Crippen LogP contribution in [0.15, 0.2) is 47.4 Å². The van der Waals surface area contributed by atoms with E-state index in [0.29, 0.717) is 24.1 Å². The SMILES string of the molecule is N#Cc1ccc(S(=O)(=O)NC(=O)C2(c3ccc(F)cc3)CCC2)c(C(F)(F)F)c1. The highest BCUT2D eigenvalue weighted by Crippen LogP contribution is 2.44. The topological polar surface area (TPSA) is 87.0 Å². The molecule has 1 saturated carbocycles. The molecule has 1 fully saturated rings. The summed E-state index contributed by atoms with van der Waals surface area (Å²) in [6.07, 6.45) is -3.89.